The van der Waals surface area contributed by atoms with Gasteiger partial charge in [0.15, 0.2) is 6.61 Å². The van der Waals surface area contributed by atoms with E-state index in [0.29, 0.717) is 23.2 Å². The number of carbonyl (C=O) groups excluding carboxylic acids is 1. The number of hydrogen-bond acceptors (Lipinski definition) is 8. The van der Waals surface area contributed by atoms with Crippen molar-refractivity contribution in [2.75, 3.05) is 7.11 Å². The van der Waals surface area contributed by atoms with Crippen LogP contribution in [0.15, 0.2) is 69.8 Å². The van der Waals surface area contributed by atoms with Gasteiger partial charge in [0.1, 0.15) is 12.0 Å². The van der Waals surface area contributed by atoms with Crippen molar-refractivity contribution >= 4 is 5.97 Å². The van der Waals surface area contributed by atoms with Crippen molar-refractivity contribution in [3.63, 3.8) is 0 Å². The Kier molecular flexibility index (Phi) is 5.33. The van der Waals surface area contributed by atoms with Gasteiger partial charge in [0, 0.05) is 11.1 Å². The molecule has 0 spiro atoms. The molecule has 0 aliphatic rings. The summed E-state index contributed by atoms with van der Waals surface area (Å²) in [6.07, 6.45) is 1.42. The Bertz CT molecular complexity index is 1100. The second-order valence-electron chi connectivity index (χ2n) is 6.09. The molecule has 0 aliphatic carbocycles. The van der Waals surface area contributed by atoms with Gasteiger partial charge in [-0.1, -0.05) is 35.5 Å². The molecule has 0 saturated heterocycles. The number of esters is 1. The zero-order chi connectivity index (χ0) is 20.1. The minimum atomic E-state index is -0.473. The topological polar surface area (TPSA) is 100 Å². The van der Waals surface area contributed by atoms with Gasteiger partial charge >= 0.3 is 5.97 Å². The Morgan fingerprint density at radius 1 is 1.03 bits per heavy atom. The molecule has 8 nitrogen and oxygen atoms in total. The molecule has 0 amide bonds. The summed E-state index contributed by atoms with van der Waals surface area (Å²) in [5.74, 6) is 1.25. The molecule has 2 aromatic heterocycles. The van der Waals surface area contributed by atoms with Gasteiger partial charge in [-0.05, 0) is 24.3 Å². The van der Waals surface area contributed by atoms with Crippen LogP contribution in [-0.4, -0.2) is 28.2 Å². The number of oxazole rings is 1. The van der Waals surface area contributed by atoms with Crippen LogP contribution in [-0.2, 0) is 22.6 Å². The first-order valence-electron chi connectivity index (χ1n) is 8.84. The molecule has 0 fully saturated rings. The van der Waals surface area contributed by atoms with Crippen LogP contribution in [0.1, 0.15) is 11.6 Å². The summed E-state index contributed by atoms with van der Waals surface area (Å²) in [4.78, 5) is 20.6. The van der Waals surface area contributed by atoms with Gasteiger partial charge in [0.25, 0.3) is 5.89 Å². The first kappa shape index (κ1) is 18.4. The highest BCUT2D eigenvalue weighted by molar-refractivity contribution is 5.72. The number of rotatable bonds is 7. The highest BCUT2D eigenvalue weighted by Crippen LogP contribution is 2.21. The fourth-order valence-electron chi connectivity index (χ4n) is 2.64. The third-order valence-corrected chi connectivity index (χ3v) is 4.05. The number of hydrogen-bond donors (Lipinski definition) is 0. The lowest BCUT2D eigenvalue weighted by atomic mass is 10.2. The largest absolute Gasteiger partial charge is 0.497 e. The maximum atomic E-state index is 12.1. The summed E-state index contributed by atoms with van der Waals surface area (Å²) < 4.78 is 20.9. The average molecular weight is 391 g/mol. The van der Waals surface area contributed by atoms with E-state index in [2.05, 4.69) is 15.1 Å². The minimum Gasteiger partial charge on any atom is -0.497 e. The Balaban J connectivity index is 1.33. The summed E-state index contributed by atoms with van der Waals surface area (Å²) in [6, 6.07) is 16.7. The lowest BCUT2D eigenvalue weighted by Gasteiger charge is -2.00. The van der Waals surface area contributed by atoms with Gasteiger partial charge in [-0.2, -0.15) is 4.98 Å². The number of ether oxygens (including phenoxy) is 2. The molecule has 0 unspecified atom stereocenters. The van der Waals surface area contributed by atoms with Gasteiger partial charge < -0.3 is 18.4 Å². The molecule has 146 valence electrons. The molecule has 0 aliphatic heterocycles. The van der Waals surface area contributed by atoms with Crippen molar-refractivity contribution in [1.82, 2.24) is 15.1 Å². The average Bonchev–Trinajstić information content (AvgIpc) is 3.43. The van der Waals surface area contributed by atoms with Crippen LogP contribution in [0.2, 0.25) is 0 Å². The van der Waals surface area contributed by atoms with E-state index in [-0.39, 0.29) is 18.9 Å². The molecule has 8 heteroatoms. The normalized spacial score (nSPS) is 10.7. The predicted octanol–water partition coefficient (Wildman–Crippen LogP) is 3.69. The highest BCUT2D eigenvalue weighted by Gasteiger charge is 2.14. The Morgan fingerprint density at radius 2 is 1.86 bits per heavy atom. The van der Waals surface area contributed by atoms with Crippen LogP contribution >= 0.6 is 0 Å². The maximum absolute atomic E-state index is 12.1. The van der Waals surface area contributed by atoms with Crippen molar-refractivity contribution in [2.45, 2.75) is 13.0 Å². The standard InChI is InChI=1S/C21H17N3O5/c1-26-17-9-5-8-15(10-17)20-23-18(29-24-20)13-27-19(25)11-16-12-28-21(22-16)14-6-3-2-4-7-14/h2-10,12H,11,13H2,1H3. The van der Waals surface area contributed by atoms with Crippen LogP contribution in [0.3, 0.4) is 0 Å². The van der Waals surface area contributed by atoms with Crippen LogP contribution in [0, 0.1) is 0 Å². The lowest BCUT2D eigenvalue weighted by molar-refractivity contribution is -0.145. The van der Waals surface area contributed by atoms with Crippen LogP contribution in [0.25, 0.3) is 22.8 Å². The quantitative estimate of drug-likeness (QED) is 0.440. The first-order chi connectivity index (χ1) is 14.2. The summed E-state index contributed by atoms with van der Waals surface area (Å²) in [7, 11) is 1.58. The molecular weight excluding hydrogens is 374 g/mol. The van der Waals surface area contributed by atoms with E-state index in [1.807, 2.05) is 48.5 Å². The number of nitrogens with zero attached hydrogens (tertiary/aromatic N) is 3. The fourth-order valence-corrected chi connectivity index (χ4v) is 2.64. The molecule has 2 aromatic carbocycles. The van der Waals surface area contributed by atoms with E-state index < -0.39 is 5.97 Å². The third kappa shape index (κ3) is 4.49. The zero-order valence-corrected chi connectivity index (χ0v) is 15.6. The van der Waals surface area contributed by atoms with E-state index in [0.717, 1.165) is 11.1 Å². The van der Waals surface area contributed by atoms with E-state index in [4.69, 9.17) is 18.4 Å². The van der Waals surface area contributed by atoms with E-state index in [1.165, 1.54) is 6.26 Å². The second-order valence-corrected chi connectivity index (χ2v) is 6.09. The van der Waals surface area contributed by atoms with Crippen LogP contribution in [0.4, 0.5) is 0 Å². The van der Waals surface area contributed by atoms with E-state index >= 15 is 0 Å². The maximum Gasteiger partial charge on any atom is 0.312 e. The smallest absolute Gasteiger partial charge is 0.312 e. The summed E-state index contributed by atoms with van der Waals surface area (Å²) in [5.41, 5.74) is 2.06. The van der Waals surface area contributed by atoms with Gasteiger partial charge in [-0.15, -0.1) is 0 Å². The Morgan fingerprint density at radius 3 is 2.69 bits per heavy atom. The molecule has 0 N–H and O–H groups in total. The van der Waals surface area contributed by atoms with Gasteiger partial charge in [0.05, 0.1) is 19.2 Å². The molecule has 0 radical (unpaired) electrons. The van der Waals surface area contributed by atoms with E-state index in [9.17, 15) is 4.79 Å². The Hall–Kier alpha value is -3.94. The summed E-state index contributed by atoms with van der Waals surface area (Å²) in [5, 5.41) is 3.90. The van der Waals surface area contributed by atoms with Crippen molar-refractivity contribution in [3.8, 4) is 28.6 Å². The molecule has 29 heavy (non-hydrogen) atoms. The van der Waals surface area contributed by atoms with Gasteiger partial charge in [-0.25, -0.2) is 4.98 Å². The monoisotopic (exact) mass is 391 g/mol. The minimum absolute atomic E-state index is 0.0206. The van der Waals surface area contributed by atoms with Crippen molar-refractivity contribution < 1.29 is 23.2 Å². The Labute approximate surface area is 166 Å². The van der Waals surface area contributed by atoms with Crippen molar-refractivity contribution in [3.05, 3.63) is 72.4 Å². The third-order valence-electron chi connectivity index (χ3n) is 4.05. The number of methoxy groups -OCH3 is 1. The molecule has 0 saturated carbocycles. The second kappa shape index (κ2) is 8.39. The van der Waals surface area contributed by atoms with Crippen molar-refractivity contribution in [2.24, 2.45) is 0 Å². The number of carbonyl (C=O) groups is 1. The zero-order valence-electron chi connectivity index (χ0n) is 15.6. The lowest BCUT2D eigenvalue weighted by Crippen LogP contribution is -2.08. The van der Waals surface area contributed by atoms with Crippen LogP contribution in [0.5, 0.6) is 5.75 Å². The molecule has 4 aromatic rings. The van der Waals surface area contributed by atoms with Crippen molar-refractivity contribution in [1.29, 1.82) is 0 Å². The fraction of sp³-hybridized carbons (Fsp3) is 0.143. The number of aromatic nitrogens is 3. The van der Waals surface area contributed by atoms with Crippen LogP contribution < -0.4 is 4.74 Å². The highest BCUT2D eigenvalue weighted by atomic mass is 16.6. The molecule has 4 rings (SSSR count). The number of benzene rings is 2. The summed E-state index contributed by atoms with van der Waals surface area (Å²) in [6.45, 7) is -0.126. The van der Waals surface area contributed by atoms with Gasteiger partial charge in [-0.3, -0.25) is 4.79 Å². The van der Waals surface area contributed by atoms with E-state index in [1.54, 1.807) is 13.2 Å². The predicted molar refractivity (Wildman–Crippen MR) is 102 cm³/mol. The molecular formula is C21H17N3O5. The van der Waals surface area contributed by atoms with Gasteiger partial charge in [0.2, 0.25) is 11.7 Å². The first-order valence-corrected chi connectivity index (χ1v) is 8.84. The summed E-state index contributed by atoms with van der Waals surface area (Å²) >= 11 is 0. The molecule has 0 atom stereocenters. The SMILES string of the molecule is COc1cccc(-c2noc(COC(=O)Cc3coc(-c4ccccc4)n3)n2)c1. The molecule has 0 bridgehead atoms. The molecule has 2 heterocycles.